The summed E-state index contributed by atoms with van der Waals surface area (Å²) in [7, 11) is 0. The number of hydrogen-bond donors (Lipinski definition) is 1. The molecule has 0 bridgehead atoms. The average Bonchev–Trinajstić information content (AvgIpc) is 3.24. The molecule has 0 amide bonds. The Balaban J connectivity index is 1.37. The average molecular weight is 358 g/mol. The molecule has 0 fully saturated rings. The molecule has 1 aliphatic rings. The minimum absolute atomic E-state index is 0.178. The normalized spacial score (nSPS) is 16.2. The maximum atomic E-state index is 13.5. The van der Waals surface area contributed by atoms with E-state index in [9.17, 15) is 4.39 Å². The van der Waals surface area contributed by atoms with Crippen molar-refractivity contribution in [3.05, 3.63) is 70.3 Å². The third kappa shape index (κ3) is 3.43. The maximum absolute atomic E-state index is 13.5. The van der Waals surface area contributed by atoms with Gasteiger partial charge in [0.1, 0.15) is 5.82 Å². The fourth-order valence-corrected chi connectivity index (χ4v) is 3.39. The first kappa shape index (κ1) is 16.2. The number of benzene rings is 2. The van der Waals surface area contributed by atoms with Gasteiger partial charge in [-0.2, -0.15) is 0 Å². The molecule has 0 saturated heterocycles. The summed E-state index contributed by atoms with van der Waals surface area (Å²) in [5, 5.41) is 11.8. The van der Waals surface area contributed by atoms with Crippen LogP contribution in [0.3, 0.4) is 0 Å². The van der Waals surface area contributed by atoms with E-state index in [0.29, 0.717) is 24.7 Å². The van der Waals surface area contributed by atoms with Gasteiger partial charge in [0, 0.05) is 24.6 Å². The van der Waals surface area contributed by atoms with Crippen LogP contribution in [0.1, 0.15) is 29.5 Å². The highest BCUT2D eigenvalue weighted by Crippen LogP contribution is 2.34. The van der Waals surface area contributed by atoms with Crippen molar-refractivity contribution in [1.29, 1.82) is 0 Å². The van der Waals surface area contributed by atoms with Crippen LogP contribution >= 0.6 is 11.6 Å². The molecule has 4 nitrogen and oxygen atoms in total. The van der Waals surface area contributed by atoms with Gasteiger partial charge in [0.05, 0.1) is 5.02 Å². The van der Waals surface area contributed by atoms with Crippen LogP contribution in [-0.4, -0.2) is 16.7 Å². The largest absolute Gasteiger partial charge is 0.421 e. The van der Waals surface area contributed by atoms with Crippen LogP contribution < -0.4 is 5.32 Å². The smallest absolute Gasteiger partial charge is 0.247 e. The predicted molar refractivity (Wildman–Crippen MR) is 93.9 cm³/mol. The molecule has 0 aliphatic heterocycles. The molecule has 0 saturated carbocycles. The molecule has 1 unspecified atom stereocenters. The lowest BCUT2D eigenvalue weighted by Gasteiger charge is -2.13. The highest BCUT2D eigenvalue weighted by Gasteiger charge is 2.23. The lowest BCUT2D eigenvalue weighted by Crippen LogP contribution is -2.22. The second-order valence-electron chi connectivity index (χ2n) is 6.13. The highest BCUT2D eigenvalue weighted by molar-refractivity contribution is 6.30. The van der Waals surface area contributed by atoms with E-state index in [4.69, 9.17) is 16.0 Å². The summed E-state index contributed by atoms with van der Waals surface area (Å²) in [6, 6.07) is 13.2. The molecule has 0 spiro atoms. The summed E-state index contributed by atoms with van der Waals surface area (Å²) in [5.41, 5.74) is 3.03. The lowest BCUT2D eigenvalue weighted by atomic mass is 10.1. The Morgan fingerprint density at radius 1 is 1.20 bits per heavy atom. The minimum Gasteiger partial charge on any atom is -0.421 e. The number of nitrogens with one attached hydrogen (secondary N) is 1. The predicted octanol–water partition coefficient (Wildman–Crippen LogP) is 4.35. The van der Waals surface area contributed by atoms with Crippen LogP contribution in [0.2, 0.25) is 5.02 Å². The van der Waals surface area contributed by atoms with Crippen molar-refractivity contribution >= 4 is 11.6 Å². The Bertz CT molecular complexity index is 882. The van der Waals surface area contributed by atoms with Crippen molar-refractivity contribution in [2.45, 2.75) is 25.3 Å². The molecule has 1 aromatic heterocycles. The third-order valence-electron chi connectivity index (χ3n) is 4.48. The number of hydrogen-bond acceptors (Lipinski definition) is 4. The van der Waals surface area contributed by atoms with Gasteiger partial charge >= 0.3 is 0 Å². The number of aromatic nitrogens is 2. The van der Waals surface area contributed by atoms with Crippen LogP contribution in [-0.2, 0) is 12.8 Å². The van der Waals surface area contributed by atoms with E-state index in [1.807, 2.05) is 30.3 Å². The van der Waals surface area contributed by atoms with Crippen molar-refractivity contribution < 1.29 is 8.81 Å². The van der Waals surface area contributed by atoms with Gasteiger partial charge in [0.15, 0.2) is 0 Å². The molecule has 0 radical (unpaired) electrons. The quantitative estimate of drug-likeness (QED) is 0.737. The summed E-state index contributed by atoms with van der Waals surface area (Å²) >= 11 is 5.91. The summed E-state index contributed by atoms with van der Waals surface area (Å²) < 4.78 is 19.2. The minimum atomic E-state index is -0.347. The molecule has 4 rings (SSSR count). The maximum Gasteiger partial charge on any atom is 0.247 e. The van der Waals surface area contributed by atoms with Crippen molar-refractivity contribution in [3.8, 4) is 11.5 Å². The monoisotopic (exact) mass is 357 g/mol. The number of halogens is 2. The SMILES string of the molecule is Fc1cc2c(cc1Cl)C(NCCc1nnc(-c3ccccc3)o1)CC2. The van der Waals surface area contributed by atoms with Crippen LogP contribution in [0.4, 0.5) is 4.39 Å². The molecular weight excluding hydrogens is 341 g/mol. The van der Waals surface area contributed by atoms with Gasteiger partial charge in [0.2, 0.25) is 11.8 Å². The second kappa shape index (κ2) is 6.94. The number of nitrogens with zero attached hydrogens (tertiary/aromatic N) is 2. The van der Waals surface area contributed by atoms with E-state index in [2.05, 4.69) is 15.5 Å². The zero-order valence-corrected chi connectivity index (χ0v) is 14.3. The first-order chi connectivity index (χ1) is 12.2. The zero-order chi connectivity index (χ0) is 17.2. The third-order valence-corrected chi connectivity index (χ3v) is 4.77. The van der Waals surface area contributed by atoms with Crippen LogP contribution in [0, 0.1) is 5.82 Å². The molecule has 1 aliphatic carbocycles. The molecule has 1 atom stereocenters. The van der Waals surface area contributed by atoms with Crippen molar-refractivity contribution in [2.24, 2.45) is 0 Å². The zero-order valence-electron chi connectivity index (χ0n) is 13.5. The Morgan fingerprint density at radius 3 is 2.88 bits per heavy atom. The van der Waals surface area contributed by atoms with Crippen LogP contribution in [0.15, 0.2) is 46.9 Å². The molecule has 6 heteroatoms. The van der Waals surface area contributed by atoms with Gasteiger partial charge in [-0.15, -0.1) is 10.2 Å². The van der Waals surface area contributed by atoms with Crippen molar-refractivity contribution in [3.63, 3.8) is 0 Å². The summed E-state index contributed by atoms with van der Waals surface area (Å²) in [6.45, 7) is 0.704. The fourth-order valence-electron chi connectivity index (χ4n) is 3.22. The highest BCUT2D eigenvalue weighted by atomic mass is 35.5. The first-order valence-electron chi connectivity index (χ1n) is 8.30. The van der Waals surface area contributed by atoms with Crippen LogP contribution in [0.25, 0.3) is 11.5 Å². The molecule has 3 aromatic rings. The topological polar surface area (TPSA) is 51.0 Å². The second-order valence-corrected chi connectivity index (χ2v) is 6.53. The van der Waals surface area contributed by atoms with Gasteiger partial charge in [0.25, 0.3) is 0 Å². The summed E-state index contributed by atoms with van der Waals surface area (Å²) in [4.78, 5) is 0. The fraction of sp³-hybridized carbons (Fsp3) is 0.263. The van der Waals surface area contributed by atoms with E-state index in [1.165, 1.54) is 0 Å². The van der Waals surface area contributed by atoms with Gasteiger partial charge in [-0.3, -0.25) is 0 Å². The van der Waals surface area contributed by atoms with E-state index in [-0.39, 0.29) is 16.9 Å². The van der Waals surface area contributed by atoms with E-state index in [0.717, 1.165) is 29.5 Å². The van der Waals surface area contributed by atoms with Crippen molar-refractivity contribution in [1.82, 2.24) is 15.5 Å². The van der Waals surface area contributed by atoms with Gasteiger partial charge < -0.3 is 9.73 Å². The number of fused-ring (bicyclic) bond motifs is 1. The Morgan fingerprint density at radius 2 is 2.04 bits per heavy atom. The van der Waals surface area contributed by atoms with Gasteiger partial charge in [-0.25, -0.2) is 4.39 Å². The molecule has 1 N–H and O–H groups in total. The summed E-state index contributed by atoms with van der Waals surface area (Å²) in [5.74, 6) is 0.783. The molecule has 128 valence electrons. The van der Waals surface area contributed by atoms with Gasteiger partial charge in [-0.1, -0.05) is 29.8 Å². The Hall–Kier alpha value is -2.24. The van der Waals surface area contributed by atoms with E-state index < -0.39 is 0 Å². The standard InChI is InChI=1S/C19H17ClFN3O/c20-15-11-14-13(10-16(15)21)6-7-17(14)22-9-8-18-23-24-19(25-18)12-4-2-1-3-5-12/h1-5,10-11,17,22H,6-9H2. The van der Waals surface area contributed by atoms with Gasteiger partial charge in [-0.05, 0) is 48.2 Å². The molecule has 25 heavy (non-hydrogen) atoms. The van der Waals surface area contributed by atoms with E-state index in [1.54, 1.807) is 12.1 Å². The van der Waals surface area contributed by atoms with Crippen molar-refractivity contribution in [2.75, 3.05) is 6.54 Å². The van der Waals surface area contributed by atoms with E-state index >= 15 is 0 Å². The molecular formula is C19H17ClFN3O. The van der Waals surface area contributed by atoms with Crippen LogP contribution in [0.5, 0.6) is 0 Å². The molecule has 2 aromatic carbocycles. The Labute approximate surface area is 150 Å². The molecule has 1 heterocycles. The summed E-state index contributed by atoms with van der Waals surface area (Å²) in [6.07, 6.45) is 2.44. The lowest BCUT2D eigenvalue weighted by molar-refractivity contribution is 0.471. The Kier molecular flexibility index (Phi) is 4.51. The number of aryl methyl sites for hydroxylation is 1. The number of rotatable bonds is 5. The first-order valence-corrected chi connectivity index (χ1v) is 8.67.